The van der Waals surface area contributed by atoms with Crippen molar-refractivity contribution in [3.8, 4) is 0 Å². The summed E-state index contributed by atoms with van der Waals surface area (Å²) in [6.45, 7) is 12.7. The topological polar surface area (TPSA) is 49.7 Å². The molecule has 23 heavy (non-hydrogen) atoms. The van der Waals surface area contributed by atoms with Crippen molar-refractivity contribution in [3.63, 3.8) is 0 Å². The normalized spacial score (nSPS) is 47.6. The number of fused-ring (bicyclic) bond motifs is 5. The molecule has 0 spiro atoms. The van der Waals surface area contributed by atoms with Gasteiger partial charge in [-0.2, -0.15) is 0 Å². The Morgan fingerprint density at radius 2 is 2.09 bits per heavy atom. The van der Waals surface area contributed by atoms with Gasteiger partial charge in [0.15, 0.2) is 0 Å². The lowest BCUT2D eigenvalue weighted by atomic mass is 9.62. The molecule has 2 heterocycles. The highest BCUT2D eigenvalue weighted by Gasteiger charge is 2.56. The molecule has 3 nitrogen and oxygen atoms in total. The number of ether oxygens (including phenoxy) is 1. The molecule has 2 fully saturated rings. The van der Waals surface area contributed by atoms with E-state index in [1.165, 1.54) is 5.57 Å². The summed E-state index contributed by atoms with van der Waals surface area (Å²) in [5.74, 6) is 1.82. The number of allylic oxidation sites excluding steroid dienone is 1. The first-order chi connectivity index (χ1) is 10.7. The van der Waals surface area contributed by atoms with Crippen LogP contribution in [-0.2, 0) is 4.74 Å². The molecular formula is C20H32O3. The Balaban J connectivity index is 2.02. The third kappa shape index (κ3) is 2.92. The molecule has 3 heteroatoms. The van der Waals surface area contributed by atoms with Crippen molar-refractivity contribution in [1.29, 1.82) is 0 Å². The van der Waals surface area contributed by atoms with Gasteiger partial charge in [-0.25, -0.2) is 0 Å². The molecule has 2 N–H and O–H groups in total. The van der Waals surface area contributed by atoms with E-state index in [2.05, 4.69) is 33.4 Å². The monoisotopic (exact) mass is 320 g/mol. The summed E-state index contributed by atoms with van der Waals surface area (Å²) in [5.41, 5.74) is 1.35. The average molecular weight is 320 g/mol. The lowest BCUT2D eigenvalue weighted by Crippen LogP contribution is -2.48. The molecule has 130 valence electrons. The minimum atomic E-state index is -0.895. The SMILES string of the molecule is C=C1CC2OC(C3C(C(C)C)CC=C(C)C23)C(C)(O)CCC1O. The molecule has 7 atom stereocenters. The fraction of sp³-hybridized carbons (Fsp3) is 0.800. The maximum Gasteiger partial charge on any atom is 0.0901 e. The van der Waals surface area contributed by atoms with Crippen LogP contribution in [-0.4, -0.2) is 34.1 Å². The van der Waals surface area contributed by atoms with E-state index in [1.807, 2.05) is 6.92 Å². The highest BCUT2D eigenvalue weighted by atomic mass is 16.5. The Labute approximate surface area is 140 Å². The first-order valence-corrected chi connectivity index (χ1v) is 9.12. The number of aliphatic hydroxyl groups excluding tert-OH is 1. The van der Waals surface area contributed by atoms with Gasteiger partial charge in [0.1, 0.15) is 0 Å². The van der Waals surface area contributed by atoms with E-state index in [0.717, 1.165) is 12.0 Å². The zero-order chi connectivity index (χ0) is 16.9. The molecule has 3 aliphatic rings. The Morgan fingerprint density at radius 3 is 2.74 bits per heavy atom. The maximum absolute atomic E-state index is 11.1. The summed E-state index contributed by atoms with van der Waals surface area (Å²) in [6, 6.07) is 0. The van der Waals surface area contributed by atoms with E-state index in [0.29, 0.717) is 42.9 Å². The fourth-order valence-corrected chi connectivity index (χ4v) is 5.13. The predicted molar refractivity (Wildman–Crippen MR) is 92.0 cm³/mol. The summed E-state index contributed by atoms with van der Waals surface area (Å²) >= 11 is 0. The standard InChI is InChI=1S/C20H32O3/c1-11(2)14-7-6-12(3)17-16-10-13(4)15(21)8-9-20(5,22)19(23-16)18(14)17/h6,11,14-19,21-22H,4,7-10H2,1-3,5H3. The van der Waals surface area contributed by atoms with Crippen molar-refractivity contribution in [2.45, 2.75) is 77.3 Å². The maximum atomic E-state index is 11.1. The summed E-state index contributed by atoms with van der Waals surface area (Å²) < 4.78 is 6.45. The van der Waals surface area contributed by atoms with Gasteiger partial charge in [-0.15, -0.1) is 0 Å². The molecule has 2 aliphatic heterocycles. The quantitative estimate of drug-likeness (QED) is 0.728. The van der Waals surface area contributed by atoms with Gasteiger partial charge in [-0.1, -0.05) is 32.1 Å². The molecule has 0 aromatic heterocycles. The Morgan fingerprint density at radius 1 is 1.39 bits per heavy atom. The molecule has 0 amide bonds. The number of hydrogen-bond acceptors (Lipinski definition) is 3. The van der Waals surface area contributed by atoms with Gasteiger partial charge < -0.3 is 14.9 Å². The van der Waals surface area contributed by atoms with Crippen LogP contribution in [0.25, 0.3) is 0 Å². The third-order valence-electron chi connectivity index (χ3n) is 6.55. The van der Waals surface area contributed by atoms with Gasteiger partial charge in [0.25, 0.3) is 0 Å². The average Bonchev–Trinajstić information content (AvgIpc) is 2.86. The molecule has 0 aromatic rings. The van der Waals surface area contributed by atoms with Crippen LogP contribution in [0.4, 0.5) is 0 Å². The van der Waals surface area contributed by atoms with E-state index < -0.39 is 11.7 Å². The van der Waals surface area contributed by atoms with Gasteiger partial charge in [-0.3, -0.25) is 0 Å². The Kier molecular flexibility index (Phi) is 4.50. The van der Waals surface area contributed by atoms with Crippen LogP contribution in [0, 0.1) is 23.7 Å². The summed E-state index contributed by atoms with van der Waals surface area (Å²) in [6.07, 6.45) is 4.63. The van der Waals surface area contributed by atoms with Gasteiger partial charge in [0, 0.05) is 11.8 Å². The lowest BCUT2D eigenvalue weighted by molar-refractivity contribution is -0.116. The van der Waals surface area contributed by atoms with E-state index in [9.17, 15) is 10.2 Å². The van der Waals surface area contributed by atoms with Crippen LogP contribution in [0.1, 0.15) is 53.4 Å². The minimum absolute atomic E-state index is 0.0366. The second-order valence-electron chi connectivity index (χ2n) is 8.56. The van der Waals surface area contributed by atoms with Crippen LogP contribution in [0.2, 0.25) is 0 Å². The second kappa shape index (κ2) is 6.02. The highest BCUT2D eigenvalue weighted by Crippen LogP contribution is 2.53. The molecule has 1 aliphatic carbocycles. The van der Waals surface area contributed by atoms with Crippen LogP contribution >= 0.6 is 0 Å². The van der Waals surface area contributed by atoms with Crippen molar-refractivity contribution in [2.24, 2.45) is 23.7 Å². The van der Waals surface area contributed by atoms with Gasteiger partial charge in [0.05, 0.1) is 23.9 Å². The second-order valence-corrected chi connectivity index (χ2v) is 8.56. The van der Waals surface area contributed by atoms with Gasteiger partial charge >= 0.3 is 0 Å². The minimum Gasteiger partial charge on any atom is -0.389 e. The highest BCUT2D eigenvalue weighted by molar-refractivity contribution is 5.22. The fourth-order valence-electron chi connectivity index (χ4n) is 5.13. The van der Waals surface area contributed by atoms with Crippen molar-refractivity contribution in [2.75, 3.05) is 0 Å². The molecule has 0 radical (unpaired) electrons. The Bertz CT molecular complexity index is 505. The first kappa shape index (κ1) is 17.2. The van der Waals surface area contributed by atoms with Crippen molar-refractivity contribution in [1.82, 2.24) is 0 Å². The van der Waals surface area contributed by atoms with Crippen LogP contribution in [0.15, 0.2) is 23.8 Å². The molecular weight excluding hydrogens is 288 g/mol. The van der Waals surface area contributed by atoms with Crippen LogP contribution < -0.4 is 0 Å². The lowest BCUT2D eigenvalue weighted by Gasteiger charge is -2.42. The third-order valence-corrected chi connectivity index (χ3v) is 6.55. The van der Waals surface area contributed by atoms with Gasteiger partial charge in [0.2, 0.25) is 0 Å². The van der Waals surface area contributed by atoms with Crippen LogP contribution in [0.3, 0.4) is 0 Å². The number of hydrogen-bond donors (Lipinski definition) is 2. The number of rotatable bonds is 1. The zero-order valence-electron chi connectivity index (χ0n) is 15.0. The molecule has 2 bridgehead atoms. The molecule has 3 rings (SSSR count). The zero-order valence-corrected chi connectivity index (χ0v) is 15.0. The largest absolute Gasteiger partial charge is 0.389 e. The predicted octanol–water partition coefficient (Wildman–Crippen LogP) is 3.46. The Hall–Kier alpha value is -0.640. The summed E-state index contributed by atoms with van der Waals surface area (Å²) in [5, 5.41) is 21.4. The van der Waals surface area contributed by atoms with Crippen molar-refractivity contribution < 1.29 is 14.9 Å². The molecule has 7 unspecified atom stereocenters. The van der Waals surface area contributed by atoms with Crippen molar-refractivity contribution >= 4 is 0 Å². The summed E-state index contributed by atoms with van der Waals surface area (Å²) in [4.78, 5) is 0. The number of aliphatic hydroxyl groups is 2. The molecule has 0 saturated carbocycles. The van der Waals surface area contributed by atoms with Crippen LogP contribution in [0.5, 0.6) is 0 Å². The van der Waals surface area contributed by atoms with E-state index in [4.69, 9.17) is 4.74 Å². The van der Waals surface area contributed by atoms with E-state index >= 15 is 0 Å². The smallest absolute Gasteiger partial charge is 0.0901 e. The van der Waals surface area contributed by atoms with Crippen molar-refractivity contribution in [3.05, 3.63) is 23.8 Å². The van der Waals surface area contributed by atoms with E-state index in [1.54, 1.807) is 0 Å². The molecule has 2 saturated heterocycles. The first-order valence-electron chi connectivity index (χ1n) is 9.12. The van der Waals surface area contributed by atoms with Gasteiger partial charge in [-0.05, 0) is 56.9 Å². The molecule has 0 aromatic carbocycles. The summed E-state index contributed by atoms with van der Waals surface area (Å²) in [7, 11) is 0. The van der Waals surface area contributed by atoms with E-state index in [-0.39, 0.29) is 12.2 Å².